The van der Waals surface area contributed by atoms with Crippen molar-refractivity contribution >= 4 is 28.2 Å². The number of ether oxygens (including phenoxy) is 1. The summed E-state index contributed by atoms with van der Waals surface area (Å²) >= 11 is 0. The molecule has 0 aliphatic carbocycles. The quantitative estimate of drug-likeness (QED) is 0.602. The fourth-order valence-electron chi connectivity index (χ4n) is 5.00. The van der Waals surface area contributed by atoms with E-state index < -0.39 is 0 Å². The second-order valence-electron chi connectivity index (χ2n) is 9.48. The van der Waals surface area contributed by atoms with Crippen LogP contribution in [0.4, 0.5) is 11.5 Å². The summed E-state index contributed by atoms with van der Waals surface area (Å²) < 4.78 is 5.34. The first-order valence-corrected chi connectivity index (χ1v) is 11.5. The molecule has 0 saturated carbocycles. The normalized spacial score (nSPS) is 17.0. The molecule has 0 unspecified atom stereocenters. The zero-order valence-electron chi connectivity index (χ0n) is 19.9. The number of hydrogen-bond acceptors (Lipinski definition) is 7. The number of fused-ring (bicyclic) bond motifs is 1. The number of rotatable bonds is 5. The molecule has 1 spiro atoms. The monoisotopic (exact) mass is 456 g/mol. The molecule has 2 aromatic carbocycles. The summed E-state index contributed by atoms with van der Waals surface area (Å²) in [5.41, 5.74) is 4.96. The van der Waals surface area contributed by atoms with Crippen LogP contribution in [-0.4, -0.2) is 54.4 Å². The Balaban J connectivity index is 1.49. The van der Waals surface area contributed by atoms with E-state index in [9.17, 15) is 10.1 Å². The first-order valence-electron chi connectivity index (χ1n) is 11.5. The average molecular weight is 457 g/mol. The number of carbonyl (C=O) groups excluding carboxylic acids is 1. The molecular weight excluding hydrogens is 428 g/mol. The Hall–Kier alpha value is -3.70. The fraction of sp³-hybridized carbons (Fsp3) is 0.385. The van der Waals surface area contributed by atoms with Crippen molar-refractivity contribution in [2.75, 3.05) is 44.0 Å². The molecule has 2 aliphatic heterocycles. The van der Waals surface area contributed by atoms with Crippen molar-refractivity contribution < 1.29 is 9.53 Å². The van der Waals surface area contributed by atoms with Crippen LogP contribution in [-0.2, 0) is 4.74 Å². The molecule has 8 nitrogen and oxygen atoms in total. The highest BCUT2D eigenvalue weighted by Gasteiger charge is 2.50. The predicted octanol–water partition coefficient (Wildman–Crippen LogP) is 3.81. The standard InChI is InChI=1S/C26H28N6O2/c1-15-18(10-27)6-5-7-19(15)16(2)29-24-21-9-23(28-4)22(8-20(21)17(3)30-31-24)25(33)32-11-26(12-32)13-34-14-26/h5-9,16,28H,11-14H2,1-4H3,(H,29,31)/t16-/m1/s1. The van der Waals surface area contributed by atoms with Gasteiger partial charge in [-0.25, -0.2) is 0 Å². The number of benzene rings is 2. The first-order chi connectivity index (χ1) is 16.4. The van der Waals surface area contributed by atoms with E-state index >= 15 is 0 Å². The fourth-order valence-corrected chi connectivity index (χ4v) is 5.00. The number of amides is 1. The molecule has 2 aliphatic rings. The second-order valence-corrected chi connectivity index (χ2v) is 9.48. The summed E-state index contributed by atoms with van der Waals surface area (Å²) in [6.07, 6.45) is 0. The largest absolute Gasteiger partial charge is 0.387 e. The van der Waals surface area contributed by atoms with E-state index in [1.54, 1.807) is 0 Å². The van der Waals surface area contributed by atoms with Crippen molar-refractivity contribution in [2.45, 2.75) is 26.8 Å². The lowest BCUT2D eigenvalue weighted by Crippen LogP contribution is -2.67. The Labute approximate surface area is 198 Å². The molecule has 2 N–H and O–H groups in total. The number of hydrogen-bond donors (Lipinski definition) is 2. The topological polar surface area (TPSA) is 103 Å². The number of aryl methyl sites for hydroxylation is 1. The van der Waals surface area contributed by atoms with Crippen molar-refractivity contribution in [1.82, 2.24) is 15.1 Å². The van der Waals surface area contributed by atoms with E-state index in [0.29, 0.717) is 16.9 Å². The molecular formula is C26H28N6O2. The molecule has 34 heavy (non-hydrogen) atoms. The molecule has 0 bridgehead atoms. The minimum absolute atomic E-state index is 0.0202. The Kier molecular flexibility index (Phi) is 5.37. The van der Waals surface area contributed by atoms with Crippen LogP contribution in [0.25, 0.3) is 10.8 Å². The Morgan fingerprint density at radius 3 is 2.62 bits per heavy atom. The number of nitriles is 1. The van der Waals surface area contributed by atoms with Crippen LogP contribution in [0.1, 0.15) is 45.7 Å². The maximum absolute atomic E-state index is 13.3. The van der Waals surface area contributed by atoms with Gasteiger partial charge in [0.2, 0.25) is 0 Å². The SMILES string of the molecule is CNc1cc2c(N[C@H](C)c3cccc(C#N)c3C)nnc(C)c2cc1C(=O)N1CC2(COC2)C1. The molecule has 2 saturated heterocycles. The van der Waals surface area contributed by atoms with E-state index in [2.05, 4.69) is 26.9 Å². The van der Waals surface area contributed by atoms with Gasteiger partial charge < -0.3 is 20.3 Å². The zero-order valence-corrected chi connectivity index (χ0v) is 19.9. The molecule has 8 heteroatoms. The lowest BCUT2D eigenvalue weighted by atomic mass is 9.77. The summed E-state index contributed by atoms with van der Waals surface area (Å²) in [5.74, 6) is 0.659. The maximum Gasteiger partial charge on any atom is 0.256 e. The number of anilines is 2. The lowest BCUT2D eigenvalue weighted by molar-refractivity contribution is -0.176. The van der Waals surface area contributed by atoms with E-state index in [-0.39, 0.29) is 17.4 Å². The molecule has 3 aromatic rings. The Morgan fingerprint density at radius 1 is 1.21 bits per heavy atom. The van der Waals surface area contributed by atoms with Gasteiger partial charge in [-0.3, -0.25) is 4.79 Å². The zero-order chi connectivity index (χ0) is 24.0. The highest BCUT2D eigenvalue weighted by Crippen LogP contribution is 2.39. The molecule has 174 valence electrons. The van der Waals surface area contributed by atoms with Gasteiger partial charge in [0.1, 0.15) is 0 Å². The summed E-state index contributed by atoms with van der Waals surface area (Å²) in [5, 5.41) is 26.6. The van der Waals surface area contributed by atoms with Crippen molar-refractivity contribution in [3.63, 3.8) is 0 Å². The molecule has 1 aromatic heterocycles. The third-order valence-electron chi connectivity index (χ3n) is 7.07. The van der Waals surface area contributed by atoms with Crippen LogP contribution >= 0.6 is 0 Å². The Morgan fingerprint density at radius 2 is 1.97 bits per heavy atom. The van der Waals surface area contributed by atoms with E-state index in [1.165, 1.54) is 0 Å². The van der Waals surface area contributed by atoms with Gasteiger partial charge >= 0.3 is 0 Å². The van der Waals surface area contributed by atoms with Crippen molar-refractivity contribution in [2.24, 2.45) is 5.41 Å². The van der Waals surface area contributed by atoms with E-state index in [1.807, 2.05) is 63.1 Å². The van der Waals surface area contributed by atoms with Crippen LogP contribution in [0.15, 0.2) is 30.3 Å². The number of nitrogens with zero attached hydrogens (tertiary/aromatic N) is 4. The molecule has 2 fully saturated rings. The molecule has 1 amide bonds. The average Bonchev–Trinajstić information content (AvgIpc) is 2.78. The van der Waals surface area contributed by atoms with Crippen molar-refractivity contribution in [3.8, 4) is 6.07 Å². The third kappa shape index (κ3) is 3.53. The van der Waals surface area contributed by atoms with Crippen LogP contribution < -0.4 is 10.6 Å². The van der Waals surface area contributed by atoms with Gasteiger partial charge in [-0.05, 0) is 50.1 Å². The van der Waals surface area contributed by atoms with Crippen molar-refractivity contribution in [3.05, 3.63) is 58.3 Å². The van der Waals surface area contributed by atoms with Crippen LogP contribution in [0, 0.1) is 30.6 Å². The van der Waals surface area contributed by atoms with Crippen LogP contribution in [0.5, 0.6) is 0 Å². The van der Waals surface area contributed by atoms with Gasteiger partial charge in [0, 0.05) is 36.6 Å². The maximum atomic E-state index is 13.3. The highest BCUT2D eigenvalue weighted by molar-refractivity contribution is 6.07. The second kappa shape index (κ2) is 8.26. The molecule has 0 radical (unpaired) electrons. The highest BCUT2D eigenvalue weighted by atomic mass is 16.5. The van der Waals surface area contributed by atoms with Gasteiger partial charge in [-0.15, -0.1) is 5.10 Å². The number of aromatic nitrogens is 2. The minimum atomic E-state index is -0.0881. The number of carbonyl (C=O) groups is 1. The minimum Gasteiger partial charge on any atom is -0.387 e. The number of likely N-dealkylation sites (tertiary alicyclic amines) is 1. The van der Waals surface area contributed by atoms with E-state index in [0.717, 1.165) is 59.6 Å². The summed E-state index contributed by atoms with van der Waals surface area (Å²) in [4.78, 5) is 15.2. The first kappa shape index (κ1) is 22.1. The summed E-state index contributed by atoms with van der Waals surface area (Å²) in [7, 11) is 1.82. The molecule has 3 heterocycles. The van der Waals surface area contributed by atoms with E-state index in [4.69, 9.17) is 4.74 Å². The summed E-state index contributed by atoms with van der Waals surface area (Å²) in [6, 6.07) is 11.8. The Bertz CT molecular complexity index is 1330. The molecule has 1 atom stereocenters. The smallest absolute Gasteiger partial charge is 0.256 e. The third-order valence-corrected chi connectivity index (χ3v) is 7.07. The van der Waals surface area contributed by atoms with Crippen LogP contribution in [0.2, 0.25) is 0 Å². The predicted molar refractivity (Wildman–Crippen MR) is 131 cm³/mol. The van der Waals surface area contributed by atoms with Crippen LogP contribution in [0.3, 0.4) is 0 Å². The number of nitrogens with one attached hydrogen (secondary N) is 2. The lowest BCUT2D eigenvalue weighted by Gasteiger charge is -2.55. The van der Waals surface area contributed by atoms with Gasteiger partial charge in [-0.1, -0.05) is 12.1 Å². The van der Waals surface area contributed by atoms with Gasteiger partial charge in [0.25, 0.3) is 5.91 Å². The van der Waals surface area contributed by atoms with Gasteiger partial charge in [0.15, 0.2) is 5.82 Å². The van der Waals surface area contributed by atoms with Gasteiger partial charge in [0.05, 0.1) is 47.6 Å². The van der Waals surface area contributed by atoms with Crippen molar-refractivity contribution in [1.29, 1.82) is 5.26 Å². The molecule has 5 rings (SSSR count). The summed E-state index contributed by atoms with van der Waals surface area (Å²) in [6.45, 7) is 8.87. The van der Waals surface area contributed by atoms with Gasteiger partial charge in [-0.2, -0.15) is 10.4 Å².